The first-order valence-corrected chi connectivity index (χ1v) is 9.56. The largest absolute Gasteiger partial charge is 0.379 e. The Morgan fingerprint density at radius 2 is 1.92 bits per heavy atom. The molecule has 2 aliphatic heterocycles. The number of hydrogen-bond donors (Lipinski definition) is 2. The summed E-state index contributed by atoms with van der Waals surface area (Å²) < 4.78 is 32.6. The van der Waals surface area contributed by atoms with Gasteiger partial charge in [-0.3, -0.25) is 14.7 Å². The van der Waals surface area contributed by atoms with E-state index >= 15 is 0 Å². The molecule has 1 aromatic rings. The molecule has 3 heterocycles. The molecule has 134 valence electrons. The first kappa shape index (κ1) is 17.3. The maximum atomic E-state index is 12.9. The summed E-state index contributed by atoms with van der Waals surface area (Å²) in [6.45, 7) is 3.88. The van der Waals surface area contributed by atoms with E-state index in [1.54, 1.807) is 0 Å². The molecule has 0 bridgehead atoms. The van der Waals surface area contributed by atoms with Crippen molar-refractivity contribution in [3.8, 4) is 0 Å². The van der Waals surface area contributed by atoms with Crippen LogP contribution in [0.1, 0.15) is 19.3 Å². The lowest BCUT2D eigenvalue weighted by atomic mass is 10.0. The molecule has 0 aliphatic carbocycles. The number of nitrogens with zero attached hydrogens (tertiary/aromatic N) is 2. The van der Waals surface area contributed by atoms with Crippen LogP contribution in [-0.4, -0.2) is 73.0 Å². The van der Waals surface area contributed by atoms with E-state index in [-0.39, 0.29) is 6.04 Å². The Morgan fingerprint density at radius 3 is 2.62 bits per heavy atom. The molecule has 0 spiro atoms. The summed E-state index contributed by atoms with van der Waals surface area (Å²) in [5, 5.41) is 0. The van der Waals surface area contributed by atoms with Gasteiger partial charge in [0.15, 0.2) is 4.90 Å². The average Bonchev–Trinajstić information content (AvgIpc) is 2.56. The third-order valence-corrected chi connectivity index (χ3v) is 6.47. The van der Waals surface area contributed by atoms with Gasteiger partial charge in [-0.25, -0.2) is 13.2 Å². The number of aromatic nitrogens is 2. The Kier molecular flexibility index (Phi) is 5.18. The molecule has 9 nitrogen and oxygen atoms in total. The van der Waals surface area contributed by atoms with Crippen LogP contribution in [-0.2, 0) is 14.8 Å². The van der Waals surface area contributed by atoms with E-state index in [1.807, 2.05) is 4.98 Å². The van der Waals surface area contributed by atoms with Crippen LogP contribution in [0.2, 0.25) is 0 Å². The van der Waals surface area contributed by atoms with Crippen molar-refractivity contribution in [1.29, 1.82) is 0 Å². The second-order valence-corrected chi connectivity index (χ2v) is 7.97. The zero-order chi connectivity index (χ0) is 17.2. The number of aromatic amines is 2. The summed E-state index contributed by atoms with van der Waals surface area (Å²) >= 11 is 0. The summed E-state index contributed by atoms with van der Waals surface area (Å²) in [7, 11) is -3.95. The van der Waals surface area contributed by atoms with Crippen molar-refractivity contribution < 1.29 is 13.2 Å². The van der Waals surface area contributed by atoms with Gasteiger partial charge in [-0.15, -0.1) is 0 Å². The molecule has 24 heavy (non-hydrogen) atoms. The van der Waals surface area contributed by atoms with Crippen molar-refractivity contribution in [2.24, 2.45) is 0 Å². The van der Waals surface area contributed by atoms with E-state index in [2.05, 4.69) is 9.88 Å². The average molecular weight is 358 g/mol. The molecule has 0 radical (unpaired) electrons. The highest BCUT2D eigenvalue weighted by Gasteiger charge is 2.36. The third-order valence-electron chi connectivity index (χ3n) is 4.52. The van der Waals surface area contributed by atoms with Crippen LogP contribution in [0.15, 0.2) is 20.7 Å². The topological polar surface area (TPSA) is 116 Å². The molecule has 2 N–H and O–H groups in total. The molecular weight excluding hydrogens is 336 g/mol. The third kappa shape index (κ3) is 3.61. The molecule has 2 aliphatic rings. The molecule has 2 saturated heterocycles. The maximum Gasteiger partial charge on any atom is 0.325 e. The quantitative estimate of drug-likeness (QED) is 0.709. The van der Waals surface area contributed by atoms with Gasteiger partial charge in [-0.2, -0.15) is 4.31 Å². The normalized spacial score (nSPS) is 24.1. The second-order valence-electron chi connectivity index (χ2n) is 6.11. The van der Waals surface area contributed by atoms with Crippen LogP contribution in [0.3, 0.4) is 0 Å². The smallest absolute Gasteiger partial charge is 0.325 e. The van der Waals surface area contributed by atoms with Crippen molar-refractivity contribution in [2.75, 3.05) is 39.4 Å². The second kappa shape index (κ2) is 7.18. The molecule has 0 saturated carbocycles. The van der Waals surface area contributed by atoms with Crippen LogP contribution in [0.4, 0.5) is 0 Å². The molecule has 10 heteroatoms. The number of sulfonamides is 1. The highest BCUT2D eigenvalue weighted by atomic mass is 32.2. The van der Waals surface area contributed by atoms with Gasteiger partial charge in [0.25, 0.3) is 5.56 Å². The van der Waals surface area contributed by atoms with Crippen molar-refractivity contribution in [2.45, 2.75) is 30.2 Å². The summed E-state index contributed by atoms with van der Waals surface area (Å²) in [5.74, 6) is 0. The summed E-state index contributed by atoms with van der Waals surface area (Å²) in [6.07, 6.45) is 3.47. The van der Waals surface area contributed by atoms with Gasteiger partial charge >= 0.3 is 5.69 Å². The van der Waals surface area contributed by atoms with Gasteiger partial charge in [0, 0.05) is 38.4 Å². The maximum absolute atomic E-state index is 12.9. The van der Waals surface area contributed by atoms with Crippen LogP contribution in [0, 0.1) is 0 Å². The van der Waals surface area contributed by atoms with Gasteiger partial charge in [-0.1, -0.05) is 6.42 Å². The summed E-state index contributed by atoms with van der Waals surface area (Å²) in [6, 6.07) is -0.173. The monoisotopic (exact) mass is 358 g/mol. The molecule has 2 fully saturated rings. The Labute approximate surface area is 139 Å². The number of ether oxygens (including phenoxy) is 1. The van der Waals surface area contributed by atoms with Crippen LogP contribution in [0.5, 0.6) is 0 Å². The molecule has 1 aromatic heterocycles. The number of H-pyrrole nitrogens is 2. The summed E-state index contributed by atoms with van der Waals surface area (Å²) in [5.41, 5.74) is -1.60. The highest BCUT2D eigenvalue weighted by Crippen LogP contribution is 2.24. The lowest BCUT2D eigenvalue weighted by molar-refractivity contribution is 0.0262. The van der Waals surface area contributed by atoms with E-state index in [4.69, 9.17) is 4.74 Å². The predicted molar refractivity (Wildman–Crippen MR) is 86.5 cm³/mol. The number of nitrogens with one attached hydrogen (secondary N) is 2. The van der Waals surface area contributed by atoms with E-state index < -0.39 is 26.2 Å². The van der Waals surface area contributed by atoms with Crippen LogP contribution < -0.4 is 11.2 Å². The summed E-state index contributed by atoms with van der Waals surface area (Å²) in [4.78, 5) is 29.1. The first-order valence-electron chi connectivity index (χ1n) is 8.12. The minimum absolute atomic E-state index is 0.173. The molecule has 0 aromatic carbocycles. The molecule has 0 amide bonds. The van der Waals surface area contributed by atoms with E-state index in [0.29, 0.717) is 26.3 Å². The number of hydrogen-bond acceptors (Lipinski definition) is 6. The van der Waals surface area contributed by atoms with Crippen molar-refractivity contribution in [3.63, 3.8) is 0 Å². The Hall–Kier alpha value is -1.49. The zero-order valence-corrected chi connectivity index (χ0v) is 14.2. The van der Waals surface area contributed by atoms with Gasteiger partial charge in [0.05, 0.1) is 13.2 Å². The van der Waals surface area contributed by atoms with Gasteiger partial charge in [0.2, 0.25) is 10.0 Å². The zero-order valence-electron chi connectivity index (χ0n) is 13.4. The van der Waals surface area contributed by atoms with Crippen molar-refractivity contribution in [3.05, 3.63) is 27.0 Å². The van der Waals surface area contributed by atoms with Crippen LogP contribution >= 0.6 is 0 Å². The number of morpholine rings is 1. The fraction of sp³-hybridized carbons (Fsp3) is 0.714. The van der Waals surface area contributed by atoms with Gasteiger partial charge < -0.3 is 9.72 Å². The molecule has 0 unspecified atom stereocenters. The minimum atomic E-state index is -3.95. The standard InChI is InChI=1S/C14H22N4O5S/c19-13-12(9-15-14(20)16-13)24(21,22)18-4-2-1-3-11(18)10-17-5-7-23-8-6-17/h9,11H,1-8,10H2,(H2,15,16,19,20)/t11-/m0/s1. The highest BCUT2D eigenvalue weighted by molar-refractivity contribution is 7.89. The lowest BCUT2D eigenvalue weighted by Crippen LogP contribution is -2.52. The first-order chi connectivity index (χ1) is 11.5. The Balaban J connectivity index is 1.85. The van der Waals surface area contributed by atoms with Crippen LogP contribution in [0.25, 0.3) is 0 Å². The van der Waals surface area contributed by atoms with Gasteiger partial charge in [0.1, 0.15) is 0 Å². The lowest BCUT2D eigenvalue weighted by Gasteiger charge is -2.38. The molecule has 3 rings (SSSR count). The minimum Gasteiger partial charge on any atom is -0.379 e. The van der Waals surface area contributed by atoms with Gasteiger partial charge in [-0.05, 0) is 12.8 Å². The fourth-order valence-corrected chi connectivity index (χ4v) is 4.95. The number of rotatable bonds is 4. The van der Waals surface area contributed by atoms with Crippen molar-refractivity contribution >= 4 is 10.0 Å². The SMILES string of the molecule is O=c1[nH]cc(S(=O)(=O)N2CCCC[C@H]2CN2CCOCC2)c(=O)[nH]1. The van der Waals surface area contributed by atoms with E-state index in [0.717, 1.165) is 38.5 Å². The predicted octanol–water partition coefficient (Wildman–Crippen LogP) is -1.06. The fourth-order valence-electron chi connectivity index (χ4n) is 3.27. The molecular formula is C14H22N4O5S. The molecule has 1 atom stereocenters. The van der Waals surface area contributed by atoms with E-state index in [9.17, 15) is 18.0 Å². The van der Waals surface area contributed by atoms with E-state index in [1.165, 1.54) is 4.31 Å². The van der Waals surface area contributed by atoms with Crippen molar-refractivity contribution in [1.82, 2.24) is 19.2 Å². The Morgan fingerprint density at radius 1 is 1.17 bits per heavy atom. The number of piperidine rings is 1. The Bertz CT molecular complexity index is 781.